The summed E-state index contributed by atoms with van der Waals surface area (Å²) in [5.74, 6) is 0.126. The normalized spacial score (nSPS) is 16.2. The van der Waals surface area contributed by atoms with Gasteiger partial charge in [-0.25, -0.2) is 0 Å². The molecule has 2 amide bonds. The van der Waals surface area contributed by atoms with E-state index < -0.39 is 5.92 Å². The van der Waals surface area contributed by atoms with Crippen LogP contribution < -0.4 is 10.1 Å². The smallest absolute Gasteiger partial charge is 0.232 e. The zero-order chi connectivity index (χ0) is 21.4. The highest BCUT2D eigenvalue weighted by molar-refractivity contribution is 8.03. The number of carbonyl (C=O) groups is 2. The topological polar surface area (TPSA) is 82.4 Å². The Morgan fingerprint density at radius 1 is 1.38 bits per heavy atom. The quantitative estimate of drug-likeness (QED) is 0.632. The van der Waals surface area contributed by atoms with E-state index in [9.17, 15) is 14.9 Å². The molecule has 2 rings (SSSR count). The SMILES string of the molecule is CCCN(CCC)C(=O)CSC1=C(C#N)[C@H](c2ccc(OC)c(Cl)c2)CC(=O)N1. The largest absolute Gasteiger partial charge is 0.495 e. The van der Waals surface area contributed by atoms with Crippen molar-refractivity contribution in [3.63, 3.8) is 0 Å². The first-order valence-corrected chi connectivity index (χ1v) is 11.0. The van der Waals surface area contributed by atoms with Crippen molar-refractivity contribution in [1.29, 1.82) is 5.26 Å². The third kappa shape index (κ3) is 5.91. The maximum Gasteiger partial charge on any atom is 0.232 e. The molecule has 1 heterocycles. The van der Waals surface area contributed by atoms with E-state index in [1.807, 2.05) is 24.8 Å². The Hall–Kier alpha value is -2.17. The fourth-order valence-corrected chi connectivity index (χ4v) is 4.49. The molecule has 0 radical (unpaired) electrons. The number of nitrogens with one attached hydrogen (secondary N) is 1. The minimum absolute atomic E-state index is 0.00681. The number of nitrogens with zero attached hydrogens (tertiary/aromatic N) is 2. The van der Waals surface area contributed by atoms with Gasteiger partial charge in [0.15, 0.2) is 0 Å². The molecule has 0 bridgehead atoms. The van der Waals surface area contributed by atoms with Crippen molar-refractivity contribution in [2.24, 2.45) is 0 Å². The second-order valence-corrected chi connectivity index (χ2v) is 8.12. The molecule has 1 aliphatic rings. The summed E-state index contributed by atoms with van der Waals surface area (Å²) in [7, 11) is 1.53. The first-order valence-electron chi connectivity index (χ1n) is 9.63. The van der Waals surface area contributed by atoms with Gasteiger partial charge in [0, 0.05) is 25.4 Å². The number of amides is 2. The van der Waals surface area contributed by atoms with Gasteiger partial charge in [0.1, 0.15) is 5.75 Å². The van der Waals surface area contributed by atoms with E-state index in [-0.39, 0.29) is 24.0 Å². The van der Waals surface area contributed by atoms with E-state index in [0.29, 0.717) is 34.5 Å². The van der Waals surface area contributed by atoms with Gasteiger partial charge in [-0.3, -0.25) is 9.59 Å². The number of thioether (sulfide) groups is 1. The van der Waals surface area contributed by atoms with Crippen LogP contribution in [0.1, 0.15) is 44.6 Å². The van der Waals surface area contributed by atoms with Crippen LogP contribution in [0.4, 0.5) is 0 Å². The van der Waals surface area contributed by atoms with E-state index in [0.717, 1.165) is 18.4 Å². The summed E-state index contributed by atoms with van der Waals surface area (Å²) < 4.78 is 5.18. The van der Waals surface area contributed by atoms with Crippen molar-refractivity contribution in [3.8, 4) is 11.8 Å². The molecule has 0 unspecified atom stereocenters. The summed E-state index contributed by atoms with van der Waals surface area (Å²) in [6.07, 6.45) is 1.93. The maximum absolute atomic E-state index is 12.6. The summed E-state index contributed by atoms with van der Waals surface area (Å²) >= 11 is 7.44. The minimum atomic E-state index is -0.405. The lowest BCUT2D eigenvalue weighted by Crippen LogP contribution is -2.35. The van der Waals surface area contributed by atoms with Crippen molar-refractivity contribution in [3.05, 3.63) is 39.4 Å². The molecule has 1 N–H and O–H groups in total. The van der Waals surface area contributed by atoms with Crippen LogP contribution in [0.5, 0.6) is 5.75 Å². The van der Waals surface area contributed by atoms with Gasteiger partial charge in [0.25, 0.3) is 0 Å². The van der Waals surface area contributed by atoms with Crippen LogP contribution in [0.2, 0.25) is 5.02 Å². The molecule has 0 spiro atoms. The fourth-order valence-electron chi connectivity index (χ4n) is 3.24. The molecular weight excluding hydrogens is 410 g/mol. The highest BCUT2D eigenvalue weighted by atomic mass is 35.5. The van der Waals surface area contributed by atoms with Gasteiger partial charge in [-0.2, -0.15) is 5.26 Å². The molecule has 6 nitrogen and oxygen atoms in total. The van der Waals surface area contributed by atoms with Crippen molar-refractivity contribution in [2.75, 3.05) is 26.0 Å². The Balaban J connectivity index is 2.25. The number of methoxy groups -OCH3 is 1. The summed E-state index contributed by atoms with van der Waals surface area (Å²) in [4.78, 5) is 26.7. The van der Waals surface area contributed by atoms with Crippen LogP contribution in [-0.2, 0) is 9.59 Å². The molecule has 8 heteroatoms. The van der Waals surface area contributed by atoms with Crippen LogP contribution >= 0.6 is 23.4 Å². The van der Waals surface area contributed by atoms with Gasteiger partial charge in [0.2, 0.25) is 11.8 Å². The van der Waals surface area contributed by atoms with Gasteiger partial charge in [-0.1, -0.05) is 43.3 Å². The Labute approximate surface area is 181 Å². The first-order chi connectivity index (χ1) is 13.9. The molecule has 29 heavy (non-hydrogen) atoms. The molecular formula is C21H26ClN3O3S. The number of hydrogen-bond donors (Lipinski definition) is 1. The van der Waals surface area contributed by atoms with Crippen LogP contribution in [0, 0.1) is 11.3 Å². The number of carbonyl (C=O) groups excluding carboxylic acids is 2. The average molecular weight is 436 g/mol. The van der Waals surface area contributed by atoms with Crippen molar-refractivity contribution in [2.45, 2.75) is 39.0 Å². The van der Waals surface area contributed by atoms with Crippen LogP contribution in [-0.4, -0.2) is 42.7 Å². The minimum Gasteiger partial charge on any atom is -0.495 e. The molecule has 1 aromatic carbocycles. The van der Waals surface area contributed by atoms with Gasteiger partial charge in [0.05, 0.1) is 34.6 Å². The summed E-state index contributed by atoms with van der Waals surface area (Å²) in [5, 5.41) is 13.4. The van der Waals surface area contributed by atoms with E-state index in [4.69, 9.17) is 16.3 Å². The third-order valence-corrected chi connectivity index (χ3v) is 5.91. The van der Waals surface area contributed by atoms with Crippen LogP contribution in [0.15, 0.2) is 28.8 Å². The number of rotatable bonds is 9. The number of nitriles is 1. The zero-order valence-electron chi connectivity index (χ0n) is 17.0. The van der Waals surface area contributed by atoms with E-state index >= 15 is 0 Å². The van der Waals surface area contributed by atoms with Gasteiger partial charge < -0.3 is 15.0 Å². The molecule has 1 aliphatic heterocycles. The summed E-state index contributed by atoms with van der Waals surface area (Å²) in [6.45, 7) is 5.48. The molecule has 0 aliphatic carbocycles. The Morgan fingerprint density at radius 3 is 2.62 bits per heavy atom. The van der Waals surface area contributed by atoms with Crippen LogP contribution in [0.25, 0.3) is 0 Å². The lowest BCUT2D eigenvalue weighted by atomic mass is 9.87. The van der Waals surface area contributed by atoms with Gasteiger partial charge in [-0.15, -0.1) is 0 Å². The highest BCUT2D eigenvalue weighted by Gasteiger charge is 2.30. The lowest BCUT2D eigenvalue weighted by Gasteiger charge is -2.26. The van der Waals surface area contributed by atoms with E-state index in [1.165, 1.54) is 18.9 Å². The fraction of sp³-hybridized carbons (Fsp3) is 0.476. The number of ether oxygens (including phenoxy) is 1. The molecule has 0 aromatic heterocycles. The first kappa shape index (κ1) is 23.1. The number of hydrogen-bond acceptors (Lipinski definition) is 5. The standard InChI is InChI=1S/C21H26ClN3O3S/c1-4-8-25(9-5-2)20(27)13-29-21-16(12-23)15(11-19(26)24-21)14-6-7-18(28-3)17(22)10-14/h6-7,10,15H,4-5,8-9,11,13H2,1-3H3,(H,24,26)/t15-/m0/s1. The van der Waals surface area contributed by atoms with Gasteiger partial charge in [-0.05, 0) is 30.5 Å². The average Bonchev–Trinajstić information content (AvgIpc) is 2.71. The molecule has 1 aromatic rings. The third-order valence-electron chi connectivity index (χ3n) is 4.61. The molecule has 0 saturated carbocycles. The Kier molecular flexibility index (Phi) is 8.87. The number of halogens is 1. The monoisotopic (exact) mass is 435 g/mol. The molecule has 1 atom stereocenters. The zero-order valence-corrected chi connectivity index (χ0v) is 18.5. The second kappa shape index (κ2) is 11.1. The van der Waals surface area contributed by atoms with Crippen molar-refractivity contribution < 1.29 is 14.3 Å². The predicted molar refractivity (Wildman–Crippen MR) is 116 cm³/mol. The summed E-state index contributed by atoms with van der Waals surface area (Å²) in [5.41, 5.74) is 1.21. The Bertz CT molecular complexity index is 829. The highest BCUT2D eigenvalue weighted by Crippen LogP contribution is 2.38. The molecule has 156 valence electrons. The molecule has 0 fully saturated rings. The predicted octanol–water partition coefficient (Wildman–Crippen LogP) is 4.07. The van der Waals surface area contributed by atoms with E-state index in [1.54, 1.807) is 12.1 Å². The number of benzene rings is 1. The Morgan fingerprint density at radius 2 is 2.07 bits per heavy atom. The lowest BCUT2D eigenvalue weighted by molar-refractivity contribution is -0.128. The van der Waals surface area contributed by atoms with Gasteiger partial charge >= 0.3 is 0 Å². The second-order valence-electron chi connectivity index (χ2n) is 6.72. The maximum atomic E-state index is 12.6. The number of allylic oxidation sites excluding steroid dienone is 1. The van der Waals surface area contributed by atoms with Crippen LogP contribution in [0.3, 0.4) is 0 Å². The van der Waals surface area contributed by atoms with E-state index in [2.05, 4.69) is 11.4 Å². The van der Waals surface area contributed by atoms with Crippen molar-refractivity contribution >= 4 is 35.2 Å². The summed E-state index contributed by atoms with van der Waals surface area (Å²) in [6, 6.07) is 7.47. The molecule has 0 saturated heterocycles. The van der Waals surface area contributed by atoms with Crippen molar-refractivity contribution in [1.82, 2.24) is 10.2 Å².